The largest absolute Gasteiger partial charge is 0.361 e. The van der Waals surface area contributed by atoms with E-state index in [0.717, 1.165) is 54.3 Å². The highest BCUT2D eigenvalue weighted by Crippen LogP contribution is 2.26. The highest BCUT2D eigenvalue weighted by molar-refractivity contribution is 5.76. The zero-order valence-corrected chi connectivity index (χ0v) is 14.2. The quantitative estimate of drug-likeness (QED) is 0.892. The molecule has 1 aliphatic rings. The van der Waals surface area contributed by atoms with Crippen molar-refractivity contribution in [3.63, 3.8) is 0 Å². The summed E-state index contributed by atoms with van der Waals surface area (Å²) >= 11 is 0. The molecule has 24 heavy (non-hydrogen) atoms. The van der Waals surface area contributed by atoms with Crippen LogP contribution in [0.5, 0.6) is 0 Å². The monoisotopic (exact) mass is 329 g/mol. The Morgan fingerprint density at radius 3 is 2.96 bits per heavy atom. The SMILES string of the molecule is Cc1noc(C)c1-c1cc(C[C@H]2CCN(C(=O)CCN)C2)ncn1. The summed E-state index contributed by atoms with van der Waals surface area (Å²) in [5.74, 6) is 1.34. The molecule has 1 aliphatic heterocycles. The van der Waals surface area contributed by atoms with Gasteiger partial charge >= 0.3 is 0 Å². The van der Waals surface area contributed by atoms with Crippen LogP contribution in [0.3, 0.4) is 0 Å². The van der Waals surface area contributed by atoms with Crippen LogP contribution in [0.2, 0.25) is 0 Å². The lowest BCUT2D eigenvalue weighted by Gasteiger charge is -2.16. The van der Waals surface area contributed by atoms with E-state index in [1.54, 1.807) is 6.33 Å². The first kappa shape index (κ1) is 16.6. The molecule has 1 atom stereocenters. The molecule has 0 aromatic carbocycles. The van der Waals surface area contributed by atoms with Crippen molar-refractivity contribution in [1.82, 2.24) is 20.0 Å². The van der Waals surface area contributed by atoms with Crippen molar-refractivity contribution in [3.05, 3.63) is 29.5 Å². The van der Waals surface area contributed by atoms with Crippen LogP contribution in [0.1, 0.15) is 30.0 Å². The second-order valence-electron chi connectivity index (χ2n) is 6.33. The number of hydrogen-bond acceptors (Lipinski definition) is 6. The van der Waals surface area contributed by atoms with E-state index < -0.39 is 0 Å². The lowest BCUT2D eigenvalue weighted by molar-refractivity contribution is -0.130. The van der Waals surface area contributed by atoms with Crippen molar-refractivity contribution in [2.24, 2.45) is 11.7 Å². The number of amides is 1. The minimum atomic E-state index is 0.152. The number of hydrogen-bond donors (Lipinski definition) is 1. The molecule has 0 spiro atoms. The molecule has 0 saturated carbocycles. The summed E-state index contributed by atoms with van der Waals surface area (Å²) in [4.78, 5) is 22.6. The number of nitrogens with two attached hydrogens (primary N) is 1. The molecule has 1 amide bonds. The van der Waals surface area contributed by atoms with Gasteiger partial charge in [0.25, 0.3) is 0 Å². The topological polar surface area (TPSA) is 98.1 Å². The van der Waals surface area contributed by atoms with Crippen molar-refractivity contribution < 1.29 is 9.32 Å². The molecule has 0 unspecified atom stereocenters. The molecule has 1 saturated heterocycles. The molecule has 7 nitrogen and oxygen atoms in total. The zero-order valence-electron chi connectivity index (χ0n) is 14.2. The average Bonchev–Trinajstić information content (AvgIpc) is 3.15. The molecule has 3 rings (SSSR count). The molecule has 2 N–H and O–H groups in total. The van der Waals surface area contributed by atoms with Crippen LogP contribution in [0.25, 0.3) is 11.3 Å². The molecule has 0 bridgehead atoms. The van der Waals surface area contributed by atoms with Crippen LogP contribution in [0.15, 0.2) is 16.9 Å². The first-order valence-corrected chi connectivity index (χ1v) is 8.30. The number of carbonyl (C=O) groups excluding carboxylic acids is 1. The summed E-state index contributed by atoms with van der Waals surface area (Å²) in [7, 11) is 0. The molecule has 1 fully saturated rings. The van der Waals surface area contributed by atoms with Crippen molar-refractivity contribution in [3.8, 4) is 11.3 Å². The zero-order chi connectivity index (χ0) is 17.1. The normalized spacial score (nSPS) is 17.5. The van der Waals surface area contributed by atoms with Crippen LogP contribution in [0, 0.1) is 19.8 Å². The van der Waals surface area contributed by atoms with E-state index in [0.29, 0.717) is 18.9 Å². The Hall–Kier alpha value is -2.28. The van der Waals surface area contributed by atoms with E-state index in [1.807, 2.05) is 24.8 Å². The summed E-state index contributed by atoms with van der Waals surface area (Å²) in [6, 6.07) is 2.00. The van der Waals surface area contributed by atoms with Gasteiger partial charge < -0.3 is 15.2 Å². The third-order valence-corrected chi connectivity index (χ3v) is 4.51. The number of nitrogens with zero attached hydrogens (tertiary/aromatic N) is 4. The lowest BCUT2D eigenvalue weighted by Crippen LogP contribution is -2.30. The van der Waals surface area contributed by atoms with Gasteiger partial charge in [-0.2, -0.15) is 0 Å². The van der Waals surface area contributed by atoms with E-state index in [9.17, 15) is 4.79 Å². The molecular formula is C17H23N5O2. The summed E-state index contributed by atoms with van der Waals surface area (Å²) < 4.78 is 5.22. The summed E-state index contributed by atoms with van der Waals surface area (Å²) in [5.41, 5.74) is 9.05. The standard InChI is InChI=1S/C17H23N5O2/c1-11-17(12(2)24-21-11)15-8-14(19-10-20-15)7-13-4-6-22(9-13)16(23)3-5-18/h8,10,13H,3-7,9,18H2,1-2H3/t13-/m1/s1. The Balaban J connectivity index is 1.69. The van der Waals surface area contributed by atoms with Gasteiger partial charge in [-0.25, -0.2) is 9.97 Å². The number of carbonyl (C=O) groups is 1. The summed E-state index contributed by atoms with van der Waals surface area (Å²) in [5, 5.41) is 3.98. The Kier molecular flexibility index (Phi) is 4.89. The van der Waals surface area contributed by atoms with E-state index in [2.05, 4.69) is 15.1 Å². The van der Waals surface area contributed by atoms with Gasteiger partial charge in [-0.3, -0.25) is 4.79 Å². The summed E-state index contributed by atoms with van der Waals surface area (Å²) in [6.45, 7) is 5.79. The third-order valence-electron chi connectivity index (χ3n) is 4.51. The van der Waals surface area contributed by atoms with Gasteiger partial charge in [0, 0.05) is 31.7 Å². The predicted molar refractivity (Wildman–Crippen MR) is 89.1 cm³/mol. The van der Waals surface area contributed by atoms with Crippen molar-refractivity contribution >= 4 is 5.91 Å². The fourth-order valence-corrected chi connectivity index (χ4v) is 3.30. The Morgan fingerprint density at radius 2 is 2.25 bits per heavy atom. The van der Waals surface area contributed by atoms with E-state index >= 15 is 0 Å². The minimum absolute atomic E-state index is 0.152. The number of likely N-dealkylation sites (tertiary alicyclic amines) is 1. The number of aromatic nitrogens is 3. The molecule has 0 aliphatic carbocycles. The lowest BCUT2D eigenvalue weighted by atomic mass is 10.0. The Morgan fingerprint density at radius 1 is 1.42 bits per heavy atom. The van der Waals surface area contributed by atoms with Gasteiger partial charge in [0.2, 0.25) is 5.91 Å². The first-order chi connectivity index (χ1) is 11.6. The van der Waals surface area contributed by atoms with Crippen molar-refractivity contribution in [2.75, 3.05) is 19.6 Å². The molecule has 3 heterocycles. The van der Waals surface area contributed by atoms with Gasteiger partial charge in [0.1, 0.15) is 12.1 Å². The fourth-order valence-electron chi connectivity index (χ4n) is 3.30. The maximum Gasteiger partial charge on any atom is 0.223 e. The molecule has 2 aromatic rings. The van der Waals surface area contributed by atoms with Crippen LogP contribution in [-0.4, -0.2) is 45.6 Å². The summed E-state index contributed by atoms with van der Waals surface area (Å²) in [6.07, 6.45) is 3.85. The highest BCUT2D eigenvalue weighted by atomic mass is 16.5. The van der Waals surface area contributed by atoms with Crippen molar-refractivity contribution in [2.45, 2.75) is 33.1 Å². The molecule has 128 valence electrons. The highest BCUT2D eigenvalue weighted by Gasteiger charge is 2.26. The van der Waals surface area contributed by atoms with Crippen LogP contribution in [0.4, 0.5) is 0 Å². The smallest absolute Gasteiger partial charge is 0.223 e. The van der Waals surface area contributed by atoms with Crippen LogP contribution < -0.4 is 5.73 Å². The molecule has 0 radical (unpaired) electrons. The number of aryl methyl sites for hydroxylation is 2. The van der Waals surface area contributed by atoms with E-state index in [1.165, 1.54) is 0 Å². The Labute approximate surface area is 141 Å². The van der Waals surface area contributed by atoms with Crippen molar-refractivity contribution in [1.29, 1.82) is 0 Å². The van der Waals surface area contributed by atoms with E-state index in [4.69, 9.17) is 10.3 Å². The average molecular weight is 329 g/mol. The van der Waals surface area contributed by atoms with E-state index in [-0.39, 0.29) is 5.91 Å². The maximum absolute atomic E-state index is 11.9. The van der Waals surface area contributed by atoms with Gasteiger partial charge in [-0.05, 0) is 38.7 Å². The first-order valence-electron chi connectivity index (χ1n) is 8.30. The van der Waals surface area contributed by atoms with Gasteiger partial charge in [-0.1, -0.05) is 5.16 Å². The molecule has 7 heteroatoms. The molecule has 2 aromatic heterocycles. The predicted octanol–water partition coefficient (Wildman–Crippen LogP) is 1.49. The second-order valence-corrected chi connectivity index (χ2v) is 6.33. The second kappa shape index (κ2) is 7.09. The van der Waals surface area contributed by atoms with Crippen LogP contribution >= 0.6 is 0 Å². The Bertz CT molecular complexity index is 708. The maximum atomic E-state index is 11.9. The van der Waals surface area contributed by atoms with Crippen LogP contribution in [-0.2, 0) is 11.2 Å². The molecular weight excluding hydrogens is 306 g/mol. The minimum Gasteiger partial charge on any atom is -0.361 e. The third kappa shape index (κ3) is 3.46. The fraction of sp³-hybridized carbons (Fsp3) is 0.529. The van der Waals surface area contributed by atoms with Gasteiger partial charge in [0.15, 0.2) is 0 Å². The van der Waals surface area contributed by atoms with Gasteiger partial charge in [-0.15, -0.1) is 0 Å². The van der Waals surface area contributed by atoms with Gasteiger partial charge in [0.05, 0.1) is 17.0 Å². The number of rotatable bonds is 5.